The van der Waals surface area contributed by atoms with E-state index >= 15 is 0 Å². The zero-order valence-electron chi connectivity index (χ0n) is 17.2. The topological polar surface area (TPSA) is 69.1 Å². The van der Waals surface area contributed by atoms with Gasteiger partial charge in [0.2, 0.25) is 0 Å². The second kappa shape index (κ2) is 8.30. The fourth-order valence-corrected chi connectivity index (χ4v) is 4.03. The molecule has 3 aromatic heterocycles. The summed E-state index contributed by atoms with van der Waals surface area (Å²) >= 11 is 12.6. The van der Waals surface area contributed by atoms with Gasteiger partial charge in [0, 0.05) is 28.4 Å². The van der Waals surface area contributed by atoms with E-state index in [4.69, 9.17) is 34.0 Å². The number of rotatable bonds is 3. The summed E-state index contributed by atoms with van der Waals surface area (Å²) in [6.07, 6.45) is -3.41. The van der Waals surface area contributed by atoms with Gasteiger partial charge in [0.1, 0.15) is 17.2 Å². The molecule has 0 saturated heterocycles. The Morgan fingerprint density at radius 3 is 2.24 bits per heavy atom. The first-order chi connectivity index (χ1) is 16.2. The number of benzene rings is 2. The van der Waals surface area contributed by atoms with Crippen LogP contribution in [0.3, 0.4) is 0 Å². The van der Waals surface area contributed by atoms with Gasteiger partial charge in [-0.25, -0.2) is 9.50 Å². The van der Waals surface area contributed by atoms with Crippen molar-refractivity contribution in [1.82, 2.24) is 19.6 Å². The first-order valence-electron chi connectivity index (χ1n) is 9.96. The van der Waals surface area contributed by atoms with Gasteiger partial charge in [0.15, 0.2) is 5.65 Å². The van der Waals surface area contributed by atoms with Crippen molar-refractivity contribution >= 4 is 34.7 Å². The highest BCUT2D eigenvalue weighted by molar-refractivity contribution is 6.33. The Morgan fingerprint density at radius 1 is 0.882 bits per heavy atom. The van der Waals surface area contributed by atoms with E-state index in [0.717, 1.165) is 17.8 Å². The molecule has 0 aliphatic rings. The van der Waals surface area contributed by atoms with E-state index < -0.39 is 11.9 Å². The molecule has 5 aromatic rings. The SMILES string of the molecule is Nc1cc(-c2ccc(C(F)(F)F)nc2)n2nc(-c3ccccc3Cl)c(-c3ccc(Cl)cc3)c2n1. The van der Waals surface area contributed by atoms with Crippen LogP contribution >= 0.6 is 23.2 Å². The van der Waals surface area contributed by atoms with Gasteiger partial charge in [-0.3, -0.25) is 4.98 Å². The number of fused-ring (bicyclic) bond motifs is 1. The van der Waals surface area contributed by atoms with Gasteiger partial charge < -0.3 is 5.73 Å². The molecule has 34 heavy (non-hydrogen) atoms. The number of alkyl halides is 3. The van der Waals surface area contributed by atoms with Crippen LogP contribution in [0.15, 0.2) is 72.9 Å². The minimum Gasteiger partial charge on any atom is -0.384 e. The number of nitrogens with zero attached hydrogens (tertiary/aromatic N) is 4. The Labute approximate surface area is 201 Å². The molecule has 0 amide bonds. The van der Waals surface area contributed by atoms with Crippen LogP contribution in [0.4, 0.5) is 19.0 Å². The highest BCUT2D eigenvalue weighted by atomic mass is 35.5. The van der Waals surface area contributed by atoms with E-state index in [9.17, 15) is 13.2 Å². The molecule has 0 saturated carbocycles. The lowest BCUT2D eigenvalue weighted by atomic mass is 10.0. The molecule has 3 heterocycles. The lowest BCUT2D eigenvalue weighted by molar-refractivity contribution is -0.141. The van der Waals surface area contributed by atoms with Gasteiger partial charge in [0.05, 0.1) is 16.3 Å². The van der Waals surface area contributed by atoms with Crippen molar-refractivity contribution in [3.8, 4) is 33.6 Å². The molecule has 0 atom stereocenters. The van der Waals surface area contributed by atoms with Crippen molar-refractivity contribution in [1.29, 1.82) is 0 Å². The number of aromatic nitrogens is 4. The monoisotopic (exact) mass is 499 g/mol. The van der Waals surface area contributed by atoms with Gasteiger partial charge >= 0.3 is 6.18 Å². The fraction of sp³-hybridized carbons (Fsp3) is 0.0417. The average molecular weight is 500 g/mol. The lowest BCUT2D eigenvalue weighted by Crippen LogP contribution is -2.07. The maximum atomic E-state index is 13.0. The summed E-state index contributed by atoms with van der Waals surface area (Å²) < 4.78 is 40.5. The molecule has 5 nitrogen and oxygen atoms in total. The van der Waals surface area contributed by atoms with Crippen molar-refractivity contribution in [3.05, 3.63) is 88.7 Å². The predicted octanol–water partition coefficient (Wildman–Crippen LogP) is 7.03. The molecule has 0 radical (unpaired) electrons. The van der Waals surface area contributed by atoms with Crippen LogP contribution in [0.2, 0.25) is 10.0 Å². The summed E-state index contributed by atoms with van der Waals surface area (Å²) in [7, 11) is 0. The summed E-state index contributed by atoms with van der Waals surface area (Å²) in [5.74, 6) is 0.170. The van der Waals surface area contributed by atoms with Crippen molar-refractivity contribution in [2.24, 2.45) is 0 Å². The third-order valence-electron chi connectivity index (χ3n) is 5.22. The summed E-state index contributed by atoms with van der Waals surface area (Å²) in [5.41, 5.74) is 8.96. The van der Waals surface area contributed by atoms with Gasteiger partial charge in [-0.15, -0.1) is 0 Å². The molecule has 0 aliphatic heterocycles. The fourth-order valence-electron chi connectivity index (χ4n) is 3.68. The largest absolute Gasteiger partial charge is 0.433 e. The highest BCUT2D eigenvalue weighted by Crippen LogP contribution is 2.39. The summed E-state index contributed by atoms with van der Waals surface area (Å²) in [6.45, 7) is 0. The van der Waals surface area contributed by atoms with Gasteiger partial charge in [-0.05, 0) is 35.9 Å². The van der Waals surface area contributed by atoms with Crippen LogP contribution in [0.5, 0.6) is 0 Å². The van der Waals surface area contributed by atoms with Crippen LogP contribution < -0.4 is 5.73 Å². The summed E-state index contributed by atoms with van der Waals surface area (Å²) in [6, 6.07) is 18.1. The zero-order valence-corrected chi connectivity index (χ0v) is 18.7. The van der Waals surface area contributed by atoms with Crippen molar-refractivity contribution < 1.29 is 13.2 Å². The molecule has 10 heteroatoms. The van der Waals surface area contributed by atoms with Crippen LogP contribution in [0.1, 0.15) is 5.69 Å². The van der Waals surface area contributed by atoms with Crippen molar-refractivity contribution in [2.45, 2.75) is 6.18 Å². The lowest BCUT2D eigenvalue weighted by Gasteiger charge is -2.09. The van der Waals surface area contributed by atoms with Crippen LogP contribution in [-0.4, -0.2) is 19.6 Å². The Balaban J connectivity index is 1.81. The van der Waals surface area contributed by atoms with Gasteiger partial charge in [-0.2, -0.15) is 18.3 Å². The van der Waals surface area contributed by atoms with E-state index in [2.05, 4.69) is 9.97 Å². The van der Waals surface area contributed by atoms with Crippen molar-refractivity contribution in [2.75, 3.05) is 5.73 Å². The zero-order chi connectivity index (χ0) is 24.0. The summed E-state index contributed by atoms with van der Waals surface area (Å²) in [4.78, 5) is 8.06. The second-order valence-corrected chi connectivity index (χ2v) is 8.29. The average Bonchev–Trinajstić information content (AvgIpc) is 3.18. The number of pyridine rings is 1. The molecule has 2 aromatic carbocycles. The molecular weight excluding hydrogens is 486 g/mol. The Kier molecular flexibility index (Phi) is 5.42. The third kappa shape index (κ3) is 3.95. The molecule has 0 aliphatic carbocycles. The first-order valence-corrected chi connectivity index (χ1v) is 10.7. The molecule has 0 unspecified atom stereocenters. The first kappa shape index (κ1) is 22.2. The number of hydrogen-bond acceptors (Lipinski definition) is 4. The smallest absolute Gasteiger partial charge is 0.384 e. The minimum atomic E-state index is -4.55. The van der Waals surface area contributed by atoms with Crippen molar-refractivity contribution in [3.63, 3.8) is 0 Å². The standard InChI is InChI=1S/C24H14Cl2F3N5/c25-15-8-5-13(6-9-15)21-22(16-3-1-2-4-17(16)26)33-34-18(11-20(30)32-23(21)34)14-7-10-19(31-12-14)24(27,28)29/h1-12H,(H2,30,32). The molecule has 2 N–H and O–H groups in total. The van der Waals surface area contributed by atoms with E-state index in [1.54, 1.807) is 24.3 Å². The Morgan fingerprint density at radius 2 is 1.59 bits per heavy atom. The molecular formula is C24H14Cl2F3N5. The number of nitrogens with two attached hydrogens (primary N) is 1. The second-order valence-electron chi connectivity index (χ2n) is 7.44. The van der Waals surface area contributed by atoms with E-state index in [1.165, 1.54) is 16.6 Å². The quantitative estimate of drug-likeness (QED) is 0.289. The normalized spacial score (nSPS) is 11.8. The molecule has 0 spiro atoms. The number of halogens is 5. The Hall–Kier alpha value is -3.62. The number of hydrogen-bond donors (Lipinski definition) is 1. The molecule has 170 valence electrons. The highest BCUT2D eigenvalue weighted by Gasteiger charge is 2.32. The Bertz CT molecular complexity index is 1510. The van der Waals surface area contributed by atoms with E-state index in [-0.39, 0.29) is 5.82 Å². The minimum absolute atomic E-state index is 0.170. The molecule has 0 bridgehead atoms. The maximum Gasteiger partial charge on any atom is 0.433 e. The number of nitrogen functional groups attached to an aromatic ring is 1. The number of anilines is 1. The van der Waals surface area contributed by atoms with Gasteiger partial charge in [-0.1, -0.05) is 53.5 Å². The summed E-state index contributed by atoms with van der Waals surface area (Å²) in [5, 5.41) is 5.80. The van der Waals surface area contributed by atoms with Crippen LogP contribution in [0, 0.1) is 0 Å². The van der Waals surface area contributed by atoms with E-state index in [1.807, 2.05) is 24.3 Å². The predicted molar refractivity (Wildman–Crippen MR) is 127 cm³/mol. The van der Waals surface area contributed by atoms with Crippen LogP contribution in [0.25, 0.3) is 39.3 Å². The van der Waals surface area contributed by atoms with E-state index in [0.29, 0.717) is 43.8 Å². The maximum absolute atomic E-state index is 13.0. The third-order valence-corrected chi connectivity index (χ3v) is 5.80. The van der Waals surface area contributed by atoms with Gasteiger partial charge in [0.25, 0.3) is 0 Å². The van der Waals surface area contributed by atoms with Crippen LogP contribution in [-0.2, 0) is 6.18 Å². The molecule has 5 rings (SSSR count). The molecule has 0 fully saturated rings.